The zero-order valence-corrected chi connectivity index (χ0v) is 20.1. The van der Waals surface area contributed by atoms with Gasteiger partial charge in [0.2, 0.25) is 0 Å². The van der Waals surface area contributed by atoms with Crippen LogP contribution in [-0.2, 0) is 23.7 Å². The zero-order chi connectivity index (χ0) is 20.4. The van der Waals surface area contributed by atoms with Crippen LogP contribution < -0.4 is 5.73 Å². The summed E-state index contributed by atoms with van der Waals surface area (Å²) in [6.45, 7) is 11.3. The van der Waals surface area contributed by atoms with Gasteiger partial charge in [-0.25, -0.2) is 0 Å². The Hall–Kier alpha value is 0.620. The second-order valence-electron chi connectivity index (χ2n) is 6.18. The highest BCUT2D eigenvalue weighted by atomic mass is 31.1. The molecule has 8 heteroatoms. The highest BCUT2D eigenvalue weighted by Gasteiger charge is 2.27. The molecule has 27 heavy (non-hydrogen) atoms. The van der Waals surface area contributed by atoms with Crippen LogP contribution in [0.2, 0.25) is 0 Å². The van der Waals surface area contributed by atoms with E-state index in [-0.39, 0.29) is 18.2 Å². The molecule has 0 bridgehead atoms. The van der Waals surface area contributed by atoms with Crippen LogP contribution in [0.1, 0.15) is 40.5 Å². The smallest absolute Gasteiger partial charge is 0.161 e. The fraction of sp³-hybridized carbons (Fsp3) is 1.00. The Labute approximate surface area is 170 Å². The lowest BCUT2D eigenvalue weighted by molar-refractivity contribution is -0.120. The van der Waals surface area contributed by atoms with Crippen molar-refractivity contribution in [3.63, 3.8) is 0 Å². The number of rotatable bonds is 20. The highest BCUT2D eigenvalue weighted by Crippen LogP contribution is 2.28. The largest absolute Gasteiger partial charge is 0.377 e. The lowest BCUT2D eigenvalue weighted by atomic mass is 9.97. The van der Waals surface area contributed by atoms with E-state index in [1.54, 1.807) is 7.11 Å². The van der Waals surface area contributed by atoms with Crippen molar-refractivity contribution in [2.75, 3.05) is 64.7 Å². The summed E-state index contributed by atoms with van der Waals surface area (Å²) in [6, 6.07) is 0. The van der Waals surface area contributed by atoms with E-state index in [0.717, 1.165) is 54.7 Å². The Morgan fingerprint density at radius 3 is 1.37 bits per heavy atom. The molecule has 0 aromatic carbocycles. The summed E-state index contributed by atoms with van der Waals surface area (Å²) in [5.41, 5.74) is 5.85. The highest BCUT2D eigenvalue weighted by molar-refractivity contribution is 7.38. The van der Waals surface area contributed by atoms with Gasteiger partial charge >= 0.3 is 0 Å². The molecule has 0 fully saturated rings. The lowest BCUT2D eigenvalue weighted by Gasteiger charge is -2.32. The Morgan fingerprint density at radius 1 is 0.741 bits per heavy atom. The van der Waals surface area contributed by atoms with E-state index in [1.165, 1.54) is 0 Å². The first-order valence-electron chi connectivity index (χ1n) is 10.2. The standard InChI is InChI=1S/C19H43NO5P2/c1-6-22-17(23-7-2)14-26-12-10-19(16-20,21-5)11-13-27-15-18(24-8-3)25-9-4/h17-18,26-27H,6-16,20H2,1-5H3. The van der Waals surface area contributed by atoms with Gasteiger partial charge in [0.05, 0.1) is 5.60 Å². The SMILES string of the molecule is CCOC(CPCCC(CN)(CCPCC(OCC)OCC)OC)OCC. The van der Waals surface area contributed by atoms with Gasteiger partial charge in [-0.1, -0.05) is 0 Å². The van der Waals surface area contributed by atoms with Gasteiger partial charge in [-0.3, -0.25) is 0 Å². The third kappa shape index (κ3) is 13.5. The van der Waals surface area contributed by atoms with Gasteiger partial charge in [-0.05, 0) is 52.9 Å². The Kier molecular flexibility index (Phi) is 19.1. The molecule has 0 aromatic heterocycles. The second kappa shape index (κ2) is 18.6. The van der Waals surface area contributed by atoms with Crippen molar-refractivity contribution in [1.82, 2.24) is 0 Å². The number of hydrogen-bond acceptors (Lipinski definition) is 6. The molecular formula is C19H43NO5P2. The molecule has 2 unspecified atom stereocenters. The summed E-state index contributed by atoms with van der Waals surface area (Å²) in [5.74, 6) is 0. The third-order valence-electron chi connectivity index (χ3n) is 4.35. The van der Waals surface area contributed by atoms with Crippen LogP contribution in [-0.4, -0.2) is 82.9 Å². The predicted octanol–water partition coefficient (Wildman–Crippen LogP) is 3.27. The summed E-state index contributed by atoms with van der Waals surface area (Å²) in [4.78, 5) is 0. The summed E-state index contributed by atoms with van der Waals surface area (Å²) in [7, 11) is 3.36. The minimum atomic E-state index is -0.223. The summed E-state index contributed by atoms with van der Waals surface area (Å²) < 4.78 is 28.3. The first-order valence-corrected chi connectivity index (χ1v) is 13.1. The topological polar surface area (TPSA) is 72.2 Å². The quantitative estimate of drug-likeness (QED) is 0.183. The Bertz CT molecular complexity index is 284. The Morgan fingerprint density at radius 2 is 1.11 bits per heavy atom. The summed E-state index contributed by atoms with van der Waals surface area (Å²) in [5, 5.41) is 0. The van der Waals surface area contributed by atoms with Crippen molar-refractivity contribution in [1.29, 1.82) is 0 Å². The van der Waals surface area contributed by atoms with Crippen molar-refractivity contribution >= 4 is 17.2 Å². The van der Waals surface area contributed by atoms with Crippen LogP contribution in [0, 0.1) is 0 Å². The van der Waals surface area contributed by atoms with E-state index in [2.05, 4.69) is 0 Å². The van der Waals surface area contributed by atoms with Gasteiger partial charge in [-0.2, -0.15) is 0 Å². The van der Waals surface area contributed by atoms with E-state index < -0.39 is 0 Å². The van der Waals surface area contributed by atoms with Crippen LogP contribution in [0.15, 0.2) is 0 Å². The number of hydrogen-bond donors (Lipinski definition) is 1. The molecule has 0 aromatic rings. The minimum absolute atomic E-state index is 0.0799. The average Bonchev–Trinajstić information content (AvgIpc) is 2.67. The van der Waals surface area contributed by atoms with E-state index in [0.29, 0.717) is 33.0 Å². The van der Waals surface area contributed by atoms with Gasteiger partial charge in [0.25, 0.3) is 0 Å². The molecule has 164 valence electrons. The second-order valence-corrected chi connectivity index (χ2v) is 9.00. The van der Waals surface area contributed by atoms with E-state index in [1.807, 2.05) is 27.7 Å². The number of nitrogens with two attached hydrogens (primary N) is 1. The zero-order valence-electron chi connectivity index (χ0n) is 18.1. The maximum atomic E-state index is 6.08. The first kappa shape index (κ1) is 27.6. The van der Waals surface area contributed by atoms with Crippen molar-refractivity contribution in [2.24, 2.45) is 5.73 Å². The molecule has 0 aliphatic carbocycles. The summed E-state index contributed by atoms with van der Waals surface area (Å²) in [6.07, 6.45) is 5.86. The van der Waals surface area contributed by atoms with E-state index in [4.69, 9.17) is 29.4 Å². The lowest BCUT2D eigenvalue weighted by Crippen LogP contribution is -2.41. The molecule has 0 aliphatic heterocycles. The maximum Gasteiger partial charge on any atom is 0.161 e. The van der Waals surface area contributed by atoms with Crippen LogP contribution in [0.25, 0.3) is 0 Å². The van der Waals surface area contributed by atoms with Crippen LogP contribution in [0.4, 0.5) is 0 Å². The van der Waals surface area contributed by atoms with Gasteiger partial charge < -0.3 is 29.4 Å². The monoisotopic (exact) mass is 427 g/mol. The molecule has 0 aliphatic rings. The van der Waals surface area contributed by atoms with Crippen LogP contribution in [0.5, 0.6) is 0 Å². The van der Waals surface area contributed by atoms with Gasteiger partial charge in [0.15, 0.2) is 12.6 Å². The molecule has 0 heterocycles. The van der Waals surface area contributed by atoms with Gasteiger partial charge in [0.1, 0.15) is 0 Å². The molecule has 0 amide bonds. The molecule has 6 nitrogen and oxygen atoms in total. The predicted molar refractivity (Wildman–Crippen MR) is 118 cm³/mol. The first-order chi connectivity index (χ1) is 13.1. The number of ether oxygens (including phenoxy) is 5. The van der Waals surface area contributed by atoms with Gasteiger partial charge in [-0.15, -0.1) is 17.2 Å². The molecule has 0 saturated carbocycles. The van der Waals surface area contributed by atoms with Crippen molar-refractivity contribution in [2.45, 2.75) is 58.7 Å². The van der Waals surface area contributed by atoms with Crippen molar-refractivity contribution in [3.05, 3.63) is 0 Å². The van der Waals surface area contributed by atoms with Crippen LogP contribution in [0.3, 0.4) is 0 Å². The molecule has 2 atom stereocenters. The molecule has 0 saturated heterocycles. The normalized spacial score (nSPS) is 15.1. The molecule has 2 N–H and O–H groups in total. The van der Waals surface area contributed by atoms with E-state index in [9.17, 15) is 0 Å². The number of methoxy groups -OCH3 is 1. The van der Waals surface area contributed by atoms with Crippen LogP contribution >= 0.6 is 17.2 Å². The average molecular weight is 428 g/mol. The molecule has 0 spiro atoms. The van der Waals surface area contributed by atoms with Crippen molar-refractivity contribution < 1.29 is 23.7 Å². The Balaban J connectivity index is 4.22. The minimum Gasteiger partial charge on any atom is -0.377 e. The molecular weight excluding hydrogens is 384 g/mol. The third-order valence-corrected chi connectivity index (χ3v) is 6.80. The maximum absolute atomic E-state index is 6.08. The molecule has 0 rings (SSSR count). The summed E-state index contributed by atoms with van der Waals surface area (Å²) >= 11 is 0. The fourth-order valence-corrected chi connectivity index (χ4v) is 5.38. The van der Waals surface area contributed by atoms with E-state index >= 15 is 0 Å². The fourth-order valence-electron chi connectivity index (χ4n) is 2.76. The van der Waals surface area contributed by atoms with Crippen molar-refractivity contribution in [3.8, 4) is 0 Å². The molecule has 0 radical (unpaired) electrons. The van der Waals surface area contributed by atoms with Gasteiger partial charge in [0, 0.05) is 52.4 Å².